The zero-order chi connectivity index (χ0) is 37.5. The molecule has 0 heteroatoms. The first kappa shape index (κ1) is 34.5. The van der Waals surface area contributed by atoms with E-state index in [1.165, 1.54) is 100 Å². The molecule has 0 saturated heterocycles. The fourth-order valence-corrected chi connectivity index (χ4v) is 8.99. The summed E-state index contributed by atoms with van der Waals surface area (Å²) in [5, 5.41) is 0. The molecule has 8 aromatic rings. The quantitative estimate of drug-likeness (QED) is 0.148. The summed E-state index contributed by atoms with van der Waals surface area (Å²) >= 11 is 0. The summed E-state index contributed by atoms with van der Waals surface area (Å²) < 4.78 is 0. The van der Waals surface area contributed by atoms with Crippen LogP contribution in [0.3, 0.4) is 0 Å². The van der Waals surface area contributed by atoms with E-state index >= 15 is 0 Å². The summed E-state index contributed by atoms with van der Waals surface area (Å²) in [4.78, 5) is 0. The summed E-state index contributed by atoms with van der Waals surface area (Å²) in [7, 11) is 0. The van der Waals surface area contributed by atoms with Crippen LogP contribution in [-0.2, 0) is 18.3 Å². The molecule has 0 spiro atoms. The van der Waals surface area contributed by atoms with Gasteiger partial charge >= 0.3 is 0 Å². The maximum atomic E-state index is 2.43. The van der Waals surface area contributed by atoms with E-state index in [1.54, 1.807) is 0 Å². The molecule has 0 saturated carbocycles. The molecule has 1 aliphatic carbocycles. The van der Waals surface area contributed by atoms with Crippen molar-refractivity contribution < 1.29 is 0 Å². The minimum absolute atomic E-state index is 0.378. The van der Waals surface area contributed by atoms with E-state index in [1.807, 2.05) is 0 Å². The van der Waals surface area contributed by atoms with E-state index in [2.05, 4.69) is 210 Å². The second-order valence-corrected chi connectivity index (χ2v) is 15.5. The number of aryl methyl sites for hydroxylation is 6. The van der Waals surface area contributed by atoms with Gasteiger partial charge in [0.15, 0.2) is 0 Å². The van der Waals surface area contributed by atoms with Crippen molar-refractivity contribution in [3.05, 3.63) is 238 Å². The zero-order valence-electron chi connectivity index (χ0n) is 32.2. The van der Waals surface area contributed by atoms with Gasteiger partial charge in [-0.25, -0.2) is 0 Å². The Labute approximate surface area is 326 Å². The standard InChI is InChI=1S/C55H46/c1-37-16-23-42(24-17-37)45-27-33-50(49-32-26-44(35-40(49)4)43-11-9-10-39(3)34-43)46(36-45)25-20-41-21-30-48(31-22-41)55(47-28-18-38(2)19-29-47)53-14-7-5-12-51(53)52-13-6-8-15-54(52)55/h5-19,21-24,26-36H,20,25H2,1-4H3. The molecule has 0 heterocycles. The summed E-state index contributed by atoms with van der Waals surface area (Å²) in [6.45, 7) is 8.74. The predicted molar refractivity (Wildman–Crippen MR) is 233 cm³/mol. The first-order chi connectivity index (χ1) is 26.9. The third-order valence-corrected chi connectivity index (χ3v) is 11.9. The van der Waals surface area contributed by atoms with Gasteiger partial charge in [-0.2, -0.15) is 0 Å². The van der Waals surface area contributed by atoms with E-state index in [0.717, 1.165) is 12.8 Å². The normalized spacial score (nSPS) is 12.7. The fraction of sp³-hybridized carbons (Fsp3) is 0.127. The number of fused-ring (bicyclic) bond motifs is 3. The molecule has 8 aromatic carbocycles. The smallest absolute Gasteiger partial charge is 0.0619 e. The summed E-state index contributed by atoms with van der Waals surface area (Å²) in [6, 6.07) is 68.5. The second-order valence-electron chi connectivity index (χ2n) is 15.5. The van der Waals surface area contributed by atoms with Gasteiger partial charge in [0.2, 0.25) is 0 Å². The molecule has 0 atom stereocenters. The molecule has 0 aromatic heterocycles. The third kappa shape index (κ3) is 6.22. The van der Waals surface area contributed by atoms with Gasteiger partial charge in [-0.15, -0.1) is 0 Å². The Balaban J connectivity index is 1.09. The van der Waals surface area contributed by atoms with Crippen LogP contribution in [0.5, 0.6) is 0 Å². The van der Waals surface area contributed by atoms with Gasteiger partial charge in [0, 0.05) is 0 Å². The Morgan fingerprint density at radius 2 is 0.873 bits per heavy atom. The molecule has 0 bridgehead atoms. The predicted octanol–water partition coefficient (Wildman–Crippen LogP) is 14.1. The van der Waals surface area contributed by atoms with Crippen molar-refractivity contribution >= 4 is 0 Å². The Bertz CT molecular complexity index is 2610. The highest BCUT2D eigenvalue weighted by molar-refractivity contribution is 5.86. The second kappa shape index (κ2) is 14.2. The molecule has 0 radical (unpaired) electrons. The van der Waals surface area contributed by atoms with Crippen LogP contribution in [0, 0.1) is 27.7 Å². The molecule has 55 heavy (non-hydrogen) atoms. The van der Waals surface area contributed by atoms with E-state index < -0.39 is 0 Å². The van der Waals surface area contributed by atoms with Crippen molar-refractivity contribution in [2.75, 3.05) is 0 Å². The van der Waals surface area contributed by atoms with E-state index in [0.29, 0.717) is 0 Å². The highest BCUT2D eigenvalue weighted by Crippen LogP contribution is 2.56. The van der Waals surface area contributed by atoms with Crippen LogP contribution in [0.25, 0.3) is 44.5 Å². The van der Waals surface area contributed by atoms with Gasteiger partial charge in [-0.3, -0.25) is 0 Å². The monoisotopic (exact) mass is 706 g/mol. The topological polar surface area (TPSA) is 0 Å². The van der Waals surface area contributed by atoms with E-state index in [4.69, 9.17) is 0 Å². The SMILES string of the molecule is Cc1ccc(-c2ccc(-c3ccc(-c4cccc(C)c4)cc3C)c(CCc3ccc(C4(c5ccc(C)cc5)c5ccccc5-c5ccccc54)cc3)c2)cc1. The highest BCUT2D eigenvalue weighted by Gasteiger charge is 2.45. The number of rotatable bonds is 8. The lowest BCUT2D eigenvalue weighted by Gasteiger charge is -2.34. The molecule has 0 nitrogen and oxygen atoms in total. The van der Waals surface area contributed by atoms with Gasteiger partial charge in [0.1, 0.15) is 0 Å². The lowest BCUT2D eigenvalue weighted by molar-refractivity contribution is 0.766. The van der Waals surface area contributed by atoms with Crippen molar-refractivity contribution in [1.82, 2.24) is 0 Å². The summed E-state index contributed by atoms with van der Waals surface area (Å²) in [5.41, 5.74) is 23.1. The average molecular weight is 707 g/mol. The molecule has 0 unspecified atom stereocenters. The first-order valence-electron chi connectivity index (χ1n) is 19.6. The molecule has 0 aliphatic heterocycles. The van der Waals surface area contributed by atoms with Crippen LogP contribution >= 0.6 is 0 Å². The number of hydrogen-bond acceptors (Lipinski definition) is 0. The van der Waals surface area contributed by atoms with Crippen LogP contribution < -0.4 is 0 Å². The van der Waals surface area contributed by atoms with Gasteiger partial charge in [0.05, 0.1) is 5.41 Å². The van der Waals surface area contributed by atoms with Gasteiger partial charge in [0.25, 0.3) is 0 Å². The van der Waals surface area contributed by atoms with Gasteiger partial charge < -0.3 is 0 Å². The van der Waals surface area contributed by atoms with Crippen LogP contribution in [0.4, 0.5) is 0 Å². The molecular weight excluding hydrogens is 661 g/mol. The van der Waals surface area contributed by atoms with Gasteiger partial charge in [-0.05, 0) is 124 Å². The van der Waals surface area contributed by atoms with Crippen LogP contribution in [0.1, 0.15) is 55.6 Å². The number of hydrogen-bond donors (Lipinski definition) is 0. The lowest BCUT2D eigenvalue weighted by atomic mass is 9.67. The maximum Gasteiger partial charge on any atom is 0.0713 e. The largest absolute Gasteiger partial charge is 0.0713 e. The van der Waals surface area contributed by atoms with Crippen LogP contribution in [-0.4, -0.2) is 0 Å². The van der Waals surface area contributed by atoms with E-state index in [9.17, 15) is 0 Å². The molecule has 0 amide bonds. The zero-order valence-corrected chi connectivity index (χ0v) is 32.2. The van der Waals surface area contributed by atoms with Crippen LogP contribution in [0.15, 0.2) is 182 Å². The third-order valence-electron chi connectivity index (χ3n) is 11.9. The lowest BCUT2D eigenvalue weighted by Crippen LogP contribution is -2.28. The molecule has 9 rings (SSSR count). The minimum atomic E-state index is -0.378. The Morgan fingerprint density at radius 1 is 0.345 bits per heavy atom. The van der Waals surface area contributed by atoms with E-state index in [-0.39, 0.29) is 5.41 Å². The average Bonchev–Trinajstić information content (AvgIpc) is 3.52. The minimum Gasteiger partial charge on any atom is -0.0619 e. The number of benzene rings is 8. The molecular formula is C55H46. The molecule has 266 valence electrons. The first-order valence-corrected chi connectivity index (χ1v) is 19.6. The Hall–Kier alpha value is -6.24. The Morgan fingerprint density at radius 3 is 1.49 bits per heavy atom. The van der Waals surface area contributed by atoms with Gasteiger partial charge in [-0.1, -0.05) is 199 Å². The molecule has 0 N–H and O–H groups in total. The highest BCUT2D eigenvalue weighted by atomic mass is 14.5. The maximum absolute atomic E-state index is 2.43. The van der Waals surface area contributed by atoms with Crippen molar-refractivity contribution in [3.63, 3.8) is 0 Å². The molecule has 0 fully saturated rings. The fourth-order valence-electron chi connectivity index (χ4n) is 8.99. The summed E-state index contributed by atoms with van der Waals surface area (Å²) in [5.74, 6) is 0. The van der Waals surface area contributed by atoms with Crippen molar-refractivity contribution in [2.45, 2.75) is 46.0 Å². The Kier molecular flexibility index (Phi) is 8.91. The van der Waals surface area contributed by atoms with Crippen molar-refractivity contribution in [2.24, 2.45) is 0 Å². The summed E-state index contributed by atoms with van der Waals surface area (Å²) in [6.07, 6.45) is 1.90. The van der Waals surface area contributed by atoms with Crippen LogP contribution in [0.2, 0.25) is 0 Å². The van der Waals surface area contributed by atoms with Crippen molar-refractivity contribution in [3.8, 4) is 44.5 Å². The van der Waals surface area contributed by atoms with Crippen molar-refractivity contribution in [1.29, 1.82) is 0 Å². The molecule has 1 aliphatic rings.